The van der Waals surface area contributed by atoms with Crippen molar-refractivity contribution in [3.05, 3.63) is 99.6 Å². The van der Waals surface area contributed by atoms with Crippen LogP contribution in [-0.4, -0.2) is 35.9 Å². The van der Waals surface area contributed by atoms with E-state index in [9.17, 15) is 14.7 Å². The molecule has 1 aliphatic heterocycles. The van der Waals surface area contributed by atoms with Gasteiger partial charge in [-0.15, -0.1) is 0 Å². The van der Waals surface area contributed by atoms with Gasteiger partial charge in [-0.25, -0.2) is 0 Å². The maximum absolute atomic E-state index is 13.2. The number of carbonyl (C=O) groups is 2. The molecule has 1 aliphatic rings. The number of hydrogen-bond acceptors (Lipinski definition) is 5. The van der Waals surface area contributed by atoms with E-state index in [0.717, 1.165) is 16.7 Å². The van der Waals surface area contributed by atoms with Crippen molar-refractivity contribution < 1.29 is 24.2 Å². The lowest BCUT2D eigenvalue weighted by molar-refractivity contribution is -0.140. The van der Waals surface area contributed by atoms with Crippen LogP contribution < -0.4 is 9.47 Å². The number of hydrogen-bond donors (Lipinski definition) is 1. The van der Waals surface area contributed by atoms with Gasteiger partial charge in [-0.05, 0) is 48.4 Å². The summed E-state index contributed by atoms with van der Waals surface area (Å²) in [6, 6.07) is 18.8. The van der Waals surface area contributed by atoms with E-state index in [0.29, 0.717) is 22.1 Å². The highest BCUT2D eigenvalue weighted by molar-refractivity contribution is 6.46. The Bertz CT molecular complexity index is 1280. The Balaban J connectivity index is 1.85. The number of amides is 1. The number of ether oxygens (including phenoxy) is 2. The molecule has 0 saturated carbocycles. The second-order valence-electron chi connectivity index (χ2n) is 8.04. The van der Waals surface area contributed by atoms with Crippen molar-refractivity contribution >= 4 is 29.1 Å². The Morgan fingerprint density at radius 2 is 1.74 bits per heavy atom. The monoisotopic (exact) mass is 477 g/mol. The van der Waals surface area contributed by atoms with Crippen molar-refractivity contribution in [2.75, 3.05) is 14.2 Å². The molecule has 3 aromatic carbocycles. The van der Waals surface area contributed by atoms with Crippen molar-refractivity contribution in [3.8, 4) is 11.5 Å². The van der Waals surface area contributed by atoms with Crippen LogP contribution in [0, 0.1) is 6.92 Å². The fourth-order valence-electron chi connectivity index (χ4n) is 4.12. The van der Waals surface area contributed by atoms with Gasteiger partial charge >= 0.3 is 0 Å². The number of benzene rings is 3. The molecule has 1 saturated heterocycles. The number of rotatable bonds is 6. The molecule has 0 aliphatic carbocycles. The van der Waals surface area contributed by atoms with Crippen molar-refractivity contribution in [1.29, 1.82) is 0 Å². The molecule has 1 fully saturated rings. The van der Waals surface area contributed by atoms with Gasteiger partial charge in [-0.2, -0.15) is 0 Å². The first-order valence-electron chi connectivity index (χ1n) is 10.7. The van der Waals surface area contributed by atoms with Gasteiger partial charge in [-0.1, -0.05) is 53.6 Å². The number of aliphatic hydroxyl groups is 1. The maximum atomic E-state index is 13.2. The highest BCUT2D eigenvalue weighted by Gasteiger charge is 2.46. The minimum absolute atomic E-state index is 0.0217. The maximum Gasteiger partial charge on any atom is 0.295 e. The van der Waals surface area contributed by atoms with Crippen LogP contribution >= 0.6 is 11.6 Å². The summed E-state index contributed by atoms with van der Waals surface area (Å²) in [5, 5.41) is 11.6. The van der Waals surface area contributed by atoms with E-state index < -0.39 is 17.7 Å². The van der Waals surface area contributed by atoms with Gasteiger partial charge in [0.05, 0.1) is 30.9 Å². The minimum atomic E-state index is -0.760. The van der Waals surface area contributed by atoms with Crippen molar-refractivity contribution in [3.63, 3.8) is 0 Å². The first-order valence-corrected chi connectivity index (χ1v) is 11.0. The molecule has 1 N–H and O–H groups in total. The third-order valence-electron chi connectivity index (χ3n) is 5.83. The fourth-order valence-corrected chi connectivity index (χ4v) is 4.31. The standard InChI is InChI=1S/C27H24ClNO5/c1-16-5-4-6-18(13-16)24-23(25(30)19-9-12-21(28)22(14-19)34-3)26(31)27(32)29(24)15-17-7-10-20(33-2)11-8-17/h4-14,24,30H,15H2,1-3H3/b25-23-. The lowest BCUT2D eigenvalue weighted by Gasteiger charge is -2.26. The molecule has 0 radical (unpaired) electrons. The van der Waals surface area contributed by atoms with Gasteiger partial charge in [0.1, 0.15) is 17.3 Å². The zero-order valence-electron chi connectivity index (χ0n) is 19.0. The van der Waals surface area contributed by atoms with Gasteiger partial charge < -0.3 is 19.5 Å². The second-order valence-corrected chi connectivity index (χ2v) is 8.45. The van der Waals surface area contributed by atoms with Gasteiger partial charge in [-0.3, -0.25) is 9.59 Å². The molecule has 34 heavy (non-hydrogen) atoms. The summed E-state index contributed by atoms with van der Waals surface area (Å²) < 4.78 is 10.5. The van der Waals surface area contributed by atoms with Crippen molar-refractivity contribution in [2.45, 2.75) is 19.5 Å². The van der Waals surface area contributed by atoms with Crippen LogP contribution in [0.15, 0.2) is 72.3 Å². The summed E-state index contributed by atoms with van der Waals surface area (Å²) in [5.74, 6) is -0.656. The number of aryl methyl sites for hydroxylation is 1. The number of methoxy groups -OCH3 is 2. The number of nitrogens with zero attached hydrogens (tertiary/aromatic N) is 1. The highest BCUT2D eigenvalue weighted by Crippen LogP contribution is 2.41. The molecule has 1 heterocycles. The molecule has 0 bridgehead atoms. The quantitative estimate of drug-likeness (QED) is 0.296. The molecule has 6 nitrogen and oxygen atoms in total. The van der Waals surface area contributed by atoms with Crippen LogP contribution in [0.2, 0.25) is 5.02 Å². The minimum Gasteiger partial charge on any atom is -0.507 e. The summed E-state index contributed by atoms with van der Waals surface area (Å²) in [5.41, 5.74) is 2.89. The average molecular weight is 478 g/mol. The van der Waals surface area contributed by atoms with Gasteiger partial charge in [0.2, 0.25) is 0 Å². The number of aliphatic hydroxyl groups excluding tert-OH is 1. The summed E-state index contributed by atoms with van der Waals surface area (Å²) in [6.07, 6.45) is 0. The Labute approximate surface area is 203 Å². The first-order chi connectivity index (χ1) is 16.3. The lowest BCUT2D eigenvalue weighted by Crippen LogP contribution is -2.29. The third kappa shape index (κ3) is 4.37. The van der Waals surface area contributed by atoms with Gasteiger partial charge in [0.15, 0.2) is 0 Å². The second kappa shape index (κ2) is 9.61. The predicted molar refractivity (Wildman–Crippen MR) is 130 cm³/mol. The number of Topliss-reactive ketones (excluding diaryl/α,β-unsaturated/α-hetero) is 1. The first kappa shape index (κ1) is 23.4. The molecule has 174 valence electrons. The Morgan fingerprint density at radius 3 is 2.38 bits per heavy atom. The topological polar surface area (TPSA) is 76.1 Å². The fraction of sp³-hybridized carbons (Fsp3) is 0.185. The number of carbonyl (C=O) groups excluding carboxylic acids is 2. The van der Waals surface area contributed by atoms with E-state index in [-0.39, 0.29) is 17.9 Å². The number of likely N-dealkylation sites (tertiary alicyclic amines) is 1. The van der Waals surface area contributed by atoms with Gasteiger partial charge in [0, 0.05) is 12.1 Å². The summed E-state index contributed by atoms with van der Waals surface area (Å²) in [6.45, 7) is 2.12. The van der Waals surface area contributed by atoms with E-state index in [2.05, 4.69) is 0 Å². The molecule has 0 spiro atoms. The lowest BCUT2D eigenvalue weighted by atomic mass is 9.94. The van der Waals surface area contributed by atoms with Crippen LogP contribution in [0.1, 0.15) is 28.3 Å². The summed E-state index contributed by atoms with van der Waals surface area (Å²) >= 11 is 6.13. The highest BCUT2D eigenvalue weighted by atomic mass is 35.5. The molecule has 1 amide bonds. The predicted octanol–water partition coefficient (Wildman–Crippen LogP) is 5.29. The SMILES string of the molecule is COc1ccc(CN2C(=O)C(=O)/C(=C(\O)c3ccc(Cl)c(OC)c3)C2c2cccc(C)c2)cc1. The Hall–Kier alpha value is -3.77. The molecule has 1 atom stereocenters. The molecular formula is C27H24ClNO5. The van der Waals surface area contributed by atoms with E-state index in [1.807, 2.05) is 43.3 Å². The van der Waals surface area contributed by atoms with Crippen molar-refractivity contribution in [2.24, 2.45) is 0 Å². The van der Waals surface area contributed by atoms with Crippen LogP contribution in [0.3, 0.4) is 0 Å². The molecule has 3 aromatic rings. The molecule has 7 heteroatoms. The van der Waals surface area contributed by atoms with E-state index in [4.69, 9.17) is 21.1 Å². The average Bonchev–Trinajstić information content (AvgIpc) is 3.09. The molecular weight excluding hydrogens is 454 g/mol. The zero-order valence-corrected chi connectivity index (χ0v) is 19.8. The number of halogens is 1. The van der Waals surface area contributed by atoms with Gasteiger partial charge in [0.25, 0.3) is 11.7 Å². The van der Waals surface area contributed by atoms with E-state index >= 15 is 0 Å². The number of ketones is 1. The van der Waals surface area contributed by atoms with Crippen molar-refractivity contribution in [1.82, 2.24) is 4.90 Å². The summed E-state index contributed by atoms with van der Waals surface area (Å²) in [4.78, 5) is 27.9. The summed E-state index contributed by atoms with van der Waals surface area (Å²) in [7, 11) is 3.04. The Morgan fingerprint density at radius 1 is 1.00 bits per heavy atom. The van der Waals surface area contributed by atoms with E-state index in [1.54, 1.807) is 37.4 Å². The van der Waals surface area contributed by atoms with Crippen LogP contribution in [0.4, 0.5) is 0 Å². The zero-order chi connectivity index (χ0) is 24.4. The smallest absolute Gasteiger partial charge is 0.295 e. The molecule has 0 aromatic heterocycles. The van der Waals surface area contributed by atoms with Crippen LogP contribution in [0.5, 0.6) is 11.5 Å². The molecule has 4 rings (SSSR count). The van der Waals surface area contributed by atoms with Crippen LogP contribution in [0.25, 0.3) is 5.76 Å². The Kier molecular flexibility index (Phi) is 6.61. The van der Waals surface area contributed by atoms with E-state index in [1.165, 1.54) is 12.0 Å². The normalized spacial score (nSPS) is 17.2. The third-order valence-corrected chi connectivity index (χ3v) is 6.15. The van der Waals surface area contributed by atoms with Crippen LogP contribution in [-0.2, 0) is 16.1 Å². The largest absolute Gasteiger partial charge is 0.507 e. The molecule has 1 unspecified atom stereocenters.